The van der Waals surface area contributed by atoms with E-state index in [4.69, 9.17) is 14.7 Å². The van der Waals surface area contributed by atoms with Gasteiger partial charge in [-0.1, -0.05) is 5.16 Å². The summed E-state index contributed by atoms with van der Waals surface area (Å²) < 4.78 is 10.6. The van der Waals surface area contributed by atoms with Crippen molar-refractivity contribution in [3.63, 3.8) is 0 Å². The van der Waals surface area contributed by atoms with E-state index in [1.54, 1.807) is 0 Å². The van der Waals surface area contributed by atoms with Crippen molar-refractivity contribution in [1.82, 2.24) is 0 Å². The lowest BCUT2D eigenvalue weighted by atomic mass is 10.6. The normalized spacial score (nSPS) is 12.9. The molecule has 5 nitrogen and oxygen atoms in total. The van der Waals surface area contributed by atoms with Gasteiger partial charge in [0.05, 0.1) is 12.8 Å². The number of hydrogen-bond acceptors (Lipinski definition) is 6. The van der Waals surface area contributed by atoms with Crippen LogP contribution < -0.4 is 0 Å². The van der Waals surface area contributed by atoms with Gasteiger partial charge in [0.25, 0.3) is 0 Å². The fourth-order valence-electron chi connectivity index (χ4n) is 0.897. The van der Waals surface area contributed by atoms with Crippen LogP contribution in [0.1, 0.15) is 13.8 Å². The number of thioether (sulfide) groups is 1. The molecule has 0 rings (SSSR count). The van der Waals surface area contributed by atoms with Gasteiger partial charge in [-0.2, -0.15) is 0 Å². The predicted molar refractivity (Wildman–Crippen MR) is 63.1 cm³/mol. The number of hydrogen-bond donors (Lipinski definition) is 1. The molecule has 0 bridgehead atoms. The fraction of sp³-hybridized carbons (Fsp3) is 0.778. The summed E-state index contributed by atoms with van der Waals surface area (Å²) in [6.45, 7) is 5.39. The third-order valence-corrected chi connectivity index (χ3v) is 2.13. The molecule has 6 heteroatoms. The van der Waals surface area contributed by atoms with Gasteiger partial charge in [0.2, 0.25) is 0 Å². The molecule has 0 aliphatic carbocycles. The maximum atomic E-state index is 8.35. The molecule has 0 radical (unpaired) electrons. The van der Waals surface area contributed by atoms with Crippen LogP contribution in [0.5, 0.6) is 0 Å². The largest absolute Gasteiger partial charge is 0.411 e. The zero-order valence-electron chi connectivity index (χ0n) is 9.34. The Hall–Kier alpha value is -0.590. The molecular formula is C9H18N2O3S. The second-order valence-electron chi connectivity index (χ2n) is 2.47. The topological polar surface area (TPSA) is 63.4 Å². The van der Waals surface area contributed by atoms with Crippen LogP contribution in [0.15, 0.2) is 10.1 Å². The molecule has 15 heavy (non-hydrogen) atoms. The Morgan fingerprint density at radius 1 is 1.40 bits per heavy atom. The van der Waals surface area contributed by atoms with E-state index in [9.17, 15) is 0 Å². The molecule has 0 aromatic rings. The Labute approximate surface area is 94.5 Å². The Balaban J connectivity index is 4.13. The van der Waals surface area contributed by atoms with Gasteiger partial charge < -0.3 is 14.7 Å². The summed E-state index contributed by atoms with van der Waals surface area (Å²) in [5.41, 5.74) is 0. The Bertz CT molecular complexity index is 204. The van der Waals surface area contributed by atoms with Crippen LogP contribution >= 0.6 is 11.8 Å². The summed E-state index contributed by atoms with van der Waals surface area (Å²) in [7, 11) is 0. The van der Waals surface area contributed by atoms with E-state index < -0.39 is 0 Å². The van der Waals surface area contributed by atoms with E-state index in [0.717, 1.165) is 0 Å². The quantitative estimate of drug-likeness (QED) is 0.239. The summed E-state index contributed by atoms with van der Waals surface area (Å²) in [5.74, 6) is 0. The molecule has 0 atom stereocenters. The third-order valence-electron chi connectivity index (χ3n) is 1.48. The molecule has 0 saturated heterocycles. The van der Waals surface area contributed by atoms with Gasteiger partial charge in [0, 0.05) is 13.2 Å². The van der Waals surface area contributed by atoms with Crippen molar-refractivity contribution in [2.45, 2.75) is 20.1 Å². The fourth-order valence-corrected chi connectivity index (χ4v) is 1.25. The number of aliphatic imine (C=N–C) groups is 1. The van der Waals surface area contributed by atoms with Gasteiger partial charge in [0.15, 0.2) is 6.29 Å². The van der Waals surface area contributed by atoms with Crippen LogP contribution in [0.3, 0.4) is 0 Å². The summed E-state index contributed by atoms with van der Waals surface area (Å²) in [6.07, 6.45) is 2.82. The van der Waals surface area contributed by atoms with Crippen LogP contribution in [0.2, 0.25) is 0 Å². The average Bonchev–Trinajstić information content (AvgIpc) is 2.24. The second kappa shape index (κ2) is 9.95. The predicted octanol–water partition coefficient (Wildman–Crippen LogP) is 1.61. The highest BCUT2D eigenvalue weighted by atomic mass is 32.2. The van der Waals surface area contributed by atoms with Gasteiger partial charge in [-0.05, 0) is 20.1 Å². The molecule has 0 spiro atoms. The summed E-state index contributed by atoms with van der Waals surface area (Å²) in [5, 5.41) is 11.9. The third kappa shape index (κ3) is 7.35. The minimum Gasteiger partial charge on any atom is -0.411 e. The molecule has 1 N–H and O–H groups in total. The van der Waals surface area contributed by atoms with Crippen molar-refractivity contribution in [2.75, 3.05) is 26.0 Å². The maximum Gasteiger partial charge on any atom is 0.176 e. The number of oxime groups is 1. The maximum absolute atomic E-state index is 8.35. The van der Waals surface area contributed by atoms with Gasteiger partial charge in [-0.15, -0.1) is 11.8 Å². The molecular weight excluding hydrogens is 216 g/mol. The Kier molecular flexibility index (Phi) is 9.55. The van der Waals surface area contributed by atoms with Crippen molar-refractivity contribution >= 4 is 23.0 Å². The van der Waals surface area contributed by atoms with E-state index in [1.165, 1.54) is 18.0 Å². The van der Waals surface area contributed by atoms with E-state index in [1.807, 2.05) is 20.1 Å². The smallest absolute Gasteiger partial charge is 0.176 e. The first-order chi connectivity index (χ1) is 7.28. The Morgan fingerprint density at radius 2 is 2.00 bits per heavy atom. The van der Waals surface area contributed by atoms with Gasteiger partial charge in [0.1, 0.15) is 5.04 Å². The lowest BCUT2D eigenvalue weighted by Gasteiger charge is -2.14. The van der Waals surface area contributed by atoms with E-state index >= 15 is 0 Å². The average molecular weight is 234 g/mol. The van der Waals surface area contributed by atoms with E-state index in [2.05, 4.69) is 10.1 Å². The van der Waals surface area contributed by atoms with Crippen LogP contribution in [0.25, 0.3) is 0 Å². The Morgan fingerprint density at radius 3 is 2.40 bits per heavy atom. The molecule has 0 unspecified atom stereocenters. The molecule has 0 aliphatic heterocycles. The molecule has 0 aromatic heterocycles. The lowest BCUT2D eigenvalue weighted by Crippen LogP contribution is -2.21. The monoisotopic (exact) mass is 234 g/mol. The van der Waals surface area contributed by atoms with Gasteiger partial charge in [-0.25, -0.2) is 0 Å². The highest BCUT2D eigenvalue weighted by Gasteiger charge is 2.06. The van der Waals surface area contributed by atoms with Crippen molar-refractivity contribution in [2.24, 2.45) is 10.1 Å². The summed E-state index contributed by atoms with van der Waals surface area (Å²) in [6, 6.07) is 0. The zero-order chi connectivity index (χ0) is 11.5. The lowest BCUT2D eigenvalue weighted by molar-refractivity contribution is -0.128. The van der Waals surface area contributed by atoms with Crippen molar-refractivity contribution < 1.29 is 14.7 Å². The van der Waals surface area contributed by atoms with Crippen LogP contribution in [-0.2, 0) is 9.47 Å². The van der Waals surface area contributed by atoms with Gasteiger partial charge >= 0.3 is 0 Å². The summed E-state index contributed by atoms with van der Waals surface area (Å²) in [4.78, 5) is 4.19. The molecule has 0 fully saturated rings. The van der Waals surface area contributed by atoms with Crippen LogP contribution in [0, 0.1) is 0 Å². The molecule has 0 aromatic carbocycles. The number of rotatable bonds is 7. The van der Waals surface area contributed by atoms with Crippen molar-refractivity contribution in [3.8, 4) is 0 Å². The second-order valence-corrected chi connectivity index (χ2v) is 3.29. The van der Waals surface area contributed by atoms with E-state index in [0.29, 0.717) is 24.8 Å². The molecule has 0 amide bonds. The molecule has 0 saturated carbocycles. The first-order valence-corrected chi connectivity index (χ1v) is 6.00. The van der Waals surface area contributed by atoms with Gasteiger partial charge in [-0.3, -0.25) is 4.99 Å². The highest BCUT2D eigenvalue weighted by Crippen LogP contribution is 2.00. The van der Waals surface area contributed by atoms with Crippen LogP contribution in [0.4, 0.5) is 0 Å². The standard InChI is InChI=1S/C9H18N2O3S/c1-4-13-9(14-5-2)7-10-8(15-3)6-11-12/h6,9,12H,4-5,7H2,1-3H3. The van der Waals surface area contributed by atoms with Crippen molar-refractivity contribution in [1.29, 1.82) is 0 Å². The minimum atomic E-state index is -0.325. The number of ether oxygens (including phenoxy) is 2. The van der Waals surface area contributed by atoms with Crippen molar-refractivity contribution in [3.05, 3.63) is 0 Å². The van der Waals surface area contributed by atoms with Crippen LogP contribution in [-0.4, -0.2) is 48.8 Å². The van der Waals surface area contributed by atoms with E-state index in [-0.39, 0.29) is 6.29 Å². The minimum absolute atomic E-state index is 0.325. The SMILES string of the molecule is CCOC(CN=C(C=NO)SC)OCC. The highest BCUT2D eigenvalue weighted by molar-refractivity contribution is 8.14. The first-order valence-electron chi connectivity index (χ1n) is 4.77. The molecule has 0 heterocycles. The number of nitrogens with zero attached hydrogens (tertiary/aromatic N) is 2. The molecule has 0 aliphatic rings. The zero-order valence-corrected chi connectivity index (χ0v) is 10.2. The summed E-state index contributed by atoms with van der Waals surface area (Å²) >= 11 is 1.40. The molecule has 88 valence electrons. The first kappa shape index (κ1) is 14.4.